The molecule has 0 amide bonds. The van der Waals surface area contributed by atoms with Crippen LogP contribution in [0.5, 0.6) is 0 Å². The maximum atomic E-state index is 6.14. The molecular weight excluding hydrogens is 394 g/mol. The number of fused-ring (bicyclic) bond motifs is 1. The zero-order chi connectivity index (χ0) is 20.3. The third-order valence-electron chi connectivity index (χ3n) is 6.51. The van der Waals surface area contributed by atoms with E-state index >= 15 is 0 Å². The number of halogens is 1. The van der Waals surface area contributed by atoms with Gasteiger partial charge in [0.2, 0.25) is 5.95 Å². The molecule has 6 heteroatoms. The van der Waals surface area contributed by atoms with E-state index in [1.165, 1.54) is 43.5 Å². The summed E-state index contributed by atoms with van der Waals surface area (Å²) >= 11 is 6.14. The molecule has 156 valence electrons. The Morgan fingerprint density at radius 3 is 2.47 bits per heavy atom. The van der Waals surface area contributed by atoms with E-state index in [1.807, 2.05) is 24.5 Å². The zero-order valence-electron chi connectivity index (χ0n) is 17.3. The number of rotatable bonds is 4. The molecule has 3 heterocycles. The summed E-state index contributed by atoms with van der Waals surface area (Å²) in [6.07, 6.45) is 11.8. The molecule has 5 nitrogen and oxygen atoms in total. The highest BCUT2D eigenvalue weighted by Gasteiger charge is 2.21. The van der Waals surface area contributed by atoms with Crippen molar-refractivity contribution in [1.82, 2.24) is 15.0 Å². The van der Waals surface area contributed by atoms with Crippen LogP contribution in [0.15, 0.2) is 42.7 Å². The SMILES string of the molecule is Clc1ccc2c(N3CCN(c4nccc(CC5CCCCC5)n4)CC3)ccnc2c1. The lowest BCUT2D eigenvalue weighted by Crippen LogP contribution is -2.47. The van der Waals surface area contributed by atoms with Crippen molar-refractivity contribution in [3.63, 3.8) is 0 Å². The van der Waals surface area contributed by atoms with E-state index in [0.717, 1.165) is 60.4 Å². The molecule has 0 bridgehead atoms. The van der Waals surface area contributed by atoms with Crippen LogP contribution in [0.3, 0.4) is 0 Å². The van der Waals surface area contributed by atoms with Crippen LogP contribution in [-0.2, 0) is 6.42 Å². The van der Waals surface area contributed by atoms with Gasteiger partial charge in [0.25, 0.3) is 0 Å². The van der Waals surface area contributed by atoms with Crippen LogP contribution in [-0.4, -0.2) is 41.1 Å². The van der Waals surface area contributed by atoms with Crippen LogP contribution in [0.25, 0.3) is 10.9 Å². The molecule has 30 heavy (non-hydrogen) atoms. The molecule has 0 atom stereocenters. The fourth-order valence-electron chi connectivity index (χ4n) is 4.87. The molecule has 3 aromatic rings. The second-order valence-electron chi connectivity index (χ2n) is 8.52. The largest absolute Gasteiger partial charge is 0.367 e. The summed E-state index contributed by atoms with van der Waals surface area (Å²) in [6, 6.07) is 10.2. The number of nitrogens with zero attached hydrogens (tertiary/aromatic N) is 5. The first kappa shape index (κ1) is 19.6. The highest BCUT2D eigenvalue weighted by atomic mass is 35.5. The maximum absolute atomic E-state index is 6.14. The van der Waals surface area contributed by atoms with Gasteiger partial charge >= 0.3 is 0 Å². The predicted octanol–water partition coefficient (Wildman–Crippen LogP) is 5.13. The summed E-state index contributed by atoms with van der Waals surface area (Å²) in [6.45, 7) is 3.73. The molecule has 1 saturated carbocycles. The van der Waals surface area contributed by atoms with E-state index in [-0.39, 0.29) is 0 Å². The smallest absolute Gasteiger partial charge is 0.225 e. The van der Waals surface area contributed by atoms with Crippen LogP contribution in [0.1, 0.15) is 37.8 Å². The summed E-state index contributed by atoms with van der Waals surface area (Å²) in [5.74, 6) is 1.68. The Balaban J connectivity index is 1.27. The Kier molecular flexibility index (Phi) is 5.71. The second-order valence-corrected chi connectivity index (χ2v) is 8.96. The zero-order valence-corrected chi connectivity index (χ0v) is 18.1. The molecule has 0 radical (unpaired) electrons. The lowest BCUT2D eigenvalue weighted by Gasteiger charge is -2.36. The molecule has 2 fully saturated rings. The van der Waals surface area contributed by atoms with E-state index < -0.39 is 0 Å². The van der Waals surface area contributed by atoms with Crippen molar-refractivity contribution in [2.75, 3.05) is 36.0 Å². The summed E-state index contributed by atoms with van der Waals surface area (Å²) in [5.41, 5.74) is 3.37. The van der Waals surface area contributed by atoms with Gasteiger partial charge in [0, 0.05) is 60.4 Å². The van der Waals surface area contributed by atoms with Gasteiger partial charge in [0.1, 0.15) is 0 Å². The van der Waals surface area contributed by atoms with Crippen LogP contribution < -0.4 is 9.80 Å². The van der Waals surface area contributed by atoms with Crippen LogP contribution in [0.4, 0.5) is 11.6 Å². The van der Waals surface area contributed by atoms with Crippen molar-refractivity contribution in [1.29, 1.82) is 0 Å². The van der Waals surface area contributed by atoms with E-state index in [2.05, 4.69) is 38.0 Å². The van der Waals surface area contributed by atoms with E-state index in [9.17, 15) is 0 Å². The fourth-order valence-corrected chi connectivity index (χ4v) is 5.03. The van der Waals surface area contributed by atoms with Gasteiger partial charge in [-0.2, -0.15) is 0 Å². The average molecular weight is 422 g/mol. The van der Waals surface area contributed by atoms with E-state index in [0.29, 0.717) is 0 Å². The Morgan fingerprint density at radius 2 is 1.63 bits per heavy atom. The van der Waals surface area contributed by atoms with Gasteiger partial charge in [-0.3, -0.25) is 4.98 Å². The number of hydrogen-bond donors (Lipinski definition) is 0. The fraction of sp³-hybridized carbons (Fsp3) is 0.458. The number of piperazine rings is 1. The van der Waals surface area contributed by atoms with Crippen molar-refractivity contribution in [3.05, 3.63) is 53.4 Å². The molecule has 1 aliphatic carbocycles. The van der Waals surface area contributed by atoms with Crippen molar-refractivity contribution < 1.29 is 0 Å². The topological polar surface area (TPSA) is 45.2 Å². The number of aromatic nitrogens is 3. The van der Waals surface area contributed by atoms with Gasteiger partial charge in [0.15, 0.2) is 0 Å². The molecule has 1 saturated heterocycles. The summed E-state index contributed by atoms with van der Waals surface area (Å²) in [4.78, 5) is 18.7. The van der Waals surface area contributed by atoms with Gasteiger partial charge in [-0.15, -0.1) is 0 Å². The number of hydrogen-bond acceptors (Lipinski definition) is 5. The van der Waals surface area contributed by atoms with E-state index in [1.54, 1.807) is 0 Å². The minimum Gasteiger partial charge on any atom is -0.367 e. The predicted molar refractivity (Wildman–Crippen MR) is 123 cm³/mol. The Morgan fingerprint density at radius 1 is 0.867 bits per heavy atom. The van der Waals surface area contributed by atoms with Crippen LogP contribution >= 0.6 is 11.6 Å². The number of pyridine rings is 1. The normalized spacial score (nSPS) is 18.2. The van der Waals surface area contributed by atoms with Gasteiger partial charge in [-0.25, -0.2) is 9.97 Å². The number of benzene rings is 1. The van der Waals surface area contributed by atoms with Gasteiger partial charge in [-0.05, 0) is 42.7 Å². The van der Waals surface area contributed by atoms with Crippen molar-refractivity contribution >= 4 is 34.1 Å². The molecule has 2 aliphatic rings. The second kappa shape index (κ2) is 8.76. The van der Waals surface area contributed by atoms with Gasteiger partial charge < -0.3 is 9.80 Å². The van der Waals surface area contributed by atoms with Crippen molar-refractivity contribution in [2.45, 2.75) is 38.5 Å². The van der Waals surface area contributed by atoms with Gasteiger partial charge in [0.05, 0.1) is 5.52 Å². The molecule has 5 rings (SSSR count). The number of anilines is 2. The third kappa shape index (κ3) is 4.22. The maximum Gasteiger partial charge on any atom is 0.225 e. The highest BCUT2D eigenvalue weighted by Crippen LogP contribution is 2.29. The molecule has 0 N–H and O–H groups in total. The van der Waals surface area contributed by atoms with Crippen LogP contribution in [0, 0.1) is 5.92 Å². The molecule has 0 spiro atoms. The van der Waals surface area contributed by atoms with Crippen LogP contribution in [0.2, 0.25) is 5.02 Å². The molecule has 1 aliphatic heterocycles. The minimum absolute atomic E-state index is 0.724. The Labute approximate surface area is 183 Å². The van der Waals surface area contributed by atoms with E-state index in [4.69, 9.17) is 16.6 Å². The summed E-state index contributed by atoms with van der Waals surface area (Å²) in [5, 5.41) is 1.88. The lowest BCUT2D eigenvalue weighted by molar-refractivity contribution is 0.354. The average Bonchev–Trinajstić information content (AvgIpc) is 2.79. The minimum atomic E-state index is 0.724. The van der Waals surface area contributed by atoms with Gasteiger partial charge in [-0.1, -0.05) is 43.7 Å². The molecular formula is C24H28ClN5. The monoisotopic (exact) mass is 421 g/mol. The van der Waals surface area contributed by atoms with Crippen molar-refractivity contribution in [2.24, 2.45) is 5.92 Å². The quantitative estimate of drug-likeness (QED) is 0.584. The van der Waals surface area contributed by atoms with Crippen molar-refractivity contribution in [3.8, 4) is 0 Å². The highest BCUT2D eigenvalue weighted by molar-refractivity contribution is 6.31. The Bertz CT molecular complexity index is 1010. The molecule has 2 aromatic heterocycles. The molecule has 1 aromatic carbocycles. The first-order valence-electron chi connectivity index (χ1n) is 11.1. The Hall–Kier alpha value is -2.40. The third-order valence-corrected chi connectivity index (χ3v) is 6.74. The standard InChI is InChI=1S/C24H28ClN5/c25-19-6-7-21-22(17-19)26-11-9-23(21)29-12-14-30(15-13-29)24-27-10-8-20(28-24)16-18-4-2-1-3-5-18/h6-11,17-18H,1-5,12-16H2. The summed E-state index contributed by atoms with van der Waals surface area (Å²) in [7, 11) is 0. The lowest BCUT2D eigenvalue weighted by atomic mass is 9.86. The first-order valence-corrected chi connectivity index (χ1v) is 11.5. The molecule has 0 unspecified atom stereocenters. The first-order chi connectivity index (χ1) is 14.8. The summed E-state index contributed by atoms with van der Waals surface area (Å²) < 4.78 is 0.